The molecule has 1 atom stereocenters. The number of anilines is 1. The van der Waals surface area contributed by atoms with Crippen LogP contribution in [0.15, 0.2) is 111 Å². The van der Waals surface area contributed by atoms with Crippen LogP contribution in [0.2, 0.25) is 0 Å². The van der Waals surface area contributed by atoms with Crippen LogP contribution in [-0.2, 0) is 37.9 Å². The Labute approximate surface area is 428 Å². The smallest absolute Gasteiger partial charge is 0.367 e. The van der Waals surface area contributed by atoms with Crippen molar-refractivity contribution in [2.75, 3.05) is 5.32 Å². The average Bonchev–Trinajstić information content (AvgIpc) is 4.27. The lowest BCUT2D eigenvalue weighted by atomic mass is 9.91. The number of nitriles is 4. The molecule has 0 spiro atoms. The number of nitrogens with zero attached hydrogens (tertiary/aromatic N) is 7. The number of carbonyl (C=O) groups excluding carboxylic acids is 4. The molecule has 4 aliphatic rings. The van der Waals surface area contributed by atoms with Crippen LogP contribution in [0.3, 0.4) is 0 Å². The number of rotatable bonds is 8. The zero-order valence-electron chi connectivity index (χ0n) is 36.7. The highest BCUT2D eigenvalue weighted by atomic mass is 32.2. The summed E-state index contributed by atoms with van der Waals surface area (Å²) in [6.07, 6.45) is 0. The first-order valence-corrected chi connectivity index (χ1v) is 24.6. The zero-order chi connectivity index (χ0) is 51.7. The Morgan fingerprint density at radius 3 is 1.72 bits per heavy atom. The van der Waals surface area contributed by atoms with Crippen molar-refractivity contribution in [3.05, 3.63) is 158 Å². The number of aromatic nitrogens is 1. The molecular weight excluding hydrogens is 1040 g/mol. The predicted octanol–water partition coefficient (Wildman–Crippen LogP) is 10.4. The van der Waals surface area contributed by atoms with Gasteiger partial charge in [0.1, 0.15) is 69.9 Å². The van der Waals surface area contributed by atoms with Crippen LogP contribution in [-0.4, -0.2) is 45.4 Å². The summed E-state index contributed by atoms with van der Waals surface area (Å²) in [5, 5.41) is 42.8. The summed E-state index contributed by atoms with van der Waals surface area (Å²) < 4.78 is 76.9. The molecule has 2 aliphatic carbocycles. The molecule has 0 fully saturated rings. The van der Waals surface area contributed by atoms with Crippen LogP contribution < -0.4 is 10.1 Å². The van der Waals surface area contributed by atoms with Crippen LogP contribution in [0.5, 0.6) is 5.75 Å². The van der Waals surface area contributed by atoms with E-state index in [-0.39, 0.29) is 82.4 Å². The predicted molar refractivity (Wildman–Crippen MR) is 261 cm³/mol. The third-order valence-corrected chi connectivity index (χ3v) is 16.5. The molecule has 3 aromatic heterocycles. The first-order chi connectivity index (χ1) is 35.8. The van der Waals surface area contributed by atoms with Crippen LogP contribution >= 0.6 is 45.8 Å². The lowest BCUT2D eigenvalue weighted by Gasteiger charge is -2.33. The van der Waals surface area contributed by atoms with Crippen molar-refractivity contribution in [3.63, 3.8) is 0 Å². The lowest BCUT2D eigenvalue weighted by molar-refractivity contribution is -0.183. The molecule has 358 valence electrons. The third-order valence-electron chi connectivity index (χ3n) is 11.8. The topological polar surface area (TPSA) is 241 Å². The number of halogens is 4. The summed E-state index contributed by atoms with van der Waals surface area (Å²) in [7, 11) is 0. The minimum atomic E-state index is -2.80. The molecule has 15 nitrogen and oxygen atoms in total. The molecule has 5 heterocycles. The van der Waals surface area contributed by atoms with Crippen LogP contribution in [0.4, 0.5) is 27.7 Å². The van der Waals surface area contributed by atoms with Crippen molar-refractivity contribution >= 4 is 112 Å². The number of allylic oxidation sites excluding steroid dienone is 4. The fraction of sp³-hybridized carbons (Fsp3) is 0.0784. The fourth-order valence-corrected chi connectivity index (χ4v) is 13.5. The Kier molecular flexibility index (Phi) is 11.6. The van der Waals surface area contributed by atoms with E-state index in [1.807, 2.05) is 0 Å². The van der Waals surface area contributed by atoms with Crippen molar-refractivity contribution < 1.29 is 51.0 Å². The molecule has 1 unspecified atom stereocenters. The van der Waals surface area contributed by atoms with E-state index in [9.17, 15) is 48.2 Å². The van der Waals surface area contributed by atoms with Crippen LogP contribution in [0.25, 0.3) is 30.4 Å². The van der Waals surface area contributed by atoms with Gasteiger partial charge in [-0.3, -0.25) is 9.59 Å². The normalized spacial score (nSPS) is 16.5. The molecule has 2 aliphatic heterocycles. The fourth-order valence-electron chi connectivity index (χ4n) is 8.53. The zero-order valence-corrected chi connectivity index (χ0v) is 40.0. The summed E-state index contributed by atoms with van der Waals surface area (Å²) in [4.78, 5) is 72.6. The molecule has 7 aromatic rings. The third kappa shape index (κ3) is 7.45. The van der Waals surface area contributed by atoms with E-state index >= 15 is 9.59 Å². The molecule has 0 amide bonds. The quantitative estimate of drug-likeness (QED) is 0.0644. The molecule has 0 bridgehead atoms. The summed E-state index contributed by atoms with van der Waals surface area (Å²) in [6, 6.07) is 26.5. The van der Waals surface area contributed by atoms with Gasteiger partial charge >= 0.3 is 17.5 Å². The van der Waals surface area contributed by atoms with Gasteiger partial charge in [0, 0.05) is 33.4 Å². The minimum absolute atomic E-state index is 0.0276. The van der Waals surface area contributed by atoms with Gasteiger partial charge in [-0.25, -0.2) is 42.1 Å². The number of thiophene rings is 2. The van der Waals surface area contributed by atoms with Crippen molar-refractivity contribution in [2.45, 2.75) is 29.2 Å². The molecule has 11 rings (SSSR count). The number of ether oxygens (including phenoxy) is 3. The highest BCUT2D eigenvalue weighted by Gasteiger charge is 2.61. The number of fused-ring (bicyclic) bond motifs is 9. The molecule has 0 radical (unpaired) electrons. The van der Waals surface area contributed by atoms with Gasteiger partial charge in [0.15, 0.2) is 34.5 Å². The number of aliphatic imine (C=N–C) groups is 2. The number of esters is 2. The Morgan fingerprint density at radius 2 is 1.19 bits per heavy atom. The number of benzene rings is 4. The lowest BCUT2D eigenvalue weighted by Crippen LogP contribution is -2.52. The first kappa shape index (κ1) is 47.2. The molecule has 74 heavy (non-hydrogen) atoms. The van der Waals surface area contributed by atoms with Crippen molar-refractivity contribution in [1.29, 1.82) is 21.0 Å². The van der Waals surface area contributed by atoms with Crippen LogP contribution in [0.1, 0.15) is 48.5 Å². The average molecular weight is 1060 g/mol. The number of thiazole rings is 1. The van der Waals surface area contributed by atoms with E-state index in [1.54, 1.807) is 84.9 Å². The molecule has 23 heteroatoms. The maximum absolute atomic E-state index is 15.2. The van der Waals surface area contributed by atoms with E-state index in [0.29, 0.717) is 45.3 Å². The Hall–Kier alpha value is -9.10. The van der Waals surface area contributed by atoms with E-state index in [1.165, 1.54) is 0 Å². The second-order valence-corrected chi connectivity index (χ2v) is 20.1. The van der Waals surface area contributed by atoms with E-state index < -0.39 is 80.4 Å². The number of thioether (sulfide) groups is 1. The van der Waals surface area contributed by atoms with E-state index in [0.717, 1.165) is 45.8 Å². The Morgan fingerprint density at radius 1 is 0.689 bits per heavy atom. The Balaban J connectivity index is 1.07. The summed E-state index contributed by atoms with van der Waals surface area (Å²) in [6.45, 7) is -0.698. The van der Waals surface area contributed by atoms with Crippen molar-refractivity contribution in [2.24, 2.45) is 9.98 Å². The van der Waals surface area contributed by atoms with Gasteiger partial charge in [-0.2, -0.15) is 21.0 Å². The number of carbonyl (C=O) groups is 4. The highest BCUT2D eigenvalue weighted by Crippen LogP contribution is 2.64. The first-order valence-electron chi connectivity index (χ1n) is 21.3. The van der Waals surface area contributed by atoms with Gasteiger partial charge in [-0.15, -0.1) is 22.7 Å². The maximum atomic E-state index is 15.2. The monoisotopic (exact) mass is 1060 g/mol. The standard InChI is InChI=1S/C51H20F4N8O7S4/c52-29-11-25-27(13-31(29)54)38(64)36(33(25)23(15-56)16-57)60-49-62-45-42(73-49)35-41(71-45)43-40(70-51(35,47(66)68-19-21-7-3-1-4-8-21)48(67)69-20-22-9-5-2-6-10-22)44-46(72-43)63-50(74-44)61-37-34(24(17-58)18-59)26-12-30(53)32(55)14-28(26)39(37)65/h1-14,50,63H,19-20H2/b60-36-,61-37-. The molecule has 0 saturated heterocycles. The van der Waals surface area contributed by atoms with Crippen molar-refractivity contribution in [1.82, 2.24) is 4.98 Å². The number of hydrogen-bond donors (Lipinski definition) is 1. The molecular formula is C51H20F4N8O7S4. The summed E-state index contributed by atoms with van der Waals surface area (Å²) >= 11 is 3.81. The van der Waals surface area contributed by atoms with Gasteiger partial charge in [0.25, 0.3) is 0 Å². The number of nitrogens with one attached hydrogen (secondary N) is 1. The summed E-state index contributed by atoms with van der Waals surface area (Å²) in [5.41, 5.74) is -6.89. The van der Waals surface area contributed by atoms with Gasteiger partial charge in [-0.1, -0.05) is 83.8 Å². The Bertz CT molecular complexity index is 3960. The largest absolute Gasteiger partial charge is 0.457 e. The molecule has 4 aromatic carbocycles. The van der Waals surface area contributed by atoms with Gasteiger partial charge < -0.3 is 19.5 Å². The van der Waals surface area contributed by atoms with E-state index in [4.69, 9.17) is 14.2 Å². The van der Waals surface area contributed by atoms with Crippen molar-refractivity contribution in [3.8, 4) is 39.8 Å². The van der Waals surface area contributed by atoms with Crippen LogP contribution in [0, 0.1) is 68.6 Å². The number of ketones is 2. The minimum Gasteiger partial charge on any atom is -0.457 e. The molecule has 0 saturated carbocycles. The van der Waals surface area contributed by atoms with Gasteiger partial charge in [-0.05, 0) is 35.4 Å². The maximum Gasteiger partial charge on any atom is 0.367 e. The van der Waals surface area contributed by atoms with Gasteiger partial charge in [0.2, 0.25) is 16.7 Å². The van der Waals surface area contributed by atoms with E-state index in [2.05, 4.69) is 20.3 Å². The number of Topliss-reactive ketones (excluding diaryl/α,β-unsaturated/α-hetero) is 2. The summed E-state index contributed by atoms with van der Waals surface area (Å²) in [5.74, 6) is -9.69. The second kappa shape index (κ2) is 18.2. The second-order valence-electron chi connectivity index (χ2n) is 16.0. The molecule has 1 N–H and O–H groups in total. The SMILES string of the molecule is N#CC(C#N)=C1/C(=N/c2nc3sc4c(c3s2)C(C(=O)OCc2ccccc2)(C(=O)OCc2ccccc2)Oc2c-4sc3c2SC(/N=C2\C(=O)c4cc(F)c(F)cc4C2=C(C#N)C#N)N3)C(=O)c2cc(F)c(F)cc21. The number of hydrogen-bond acceptors (Lipinski definition) is 19. The highest BCUT2D eigenvalue weighted by molar-refractivity contribution is 8.00. The van der Waals surface area contributed by atoms with Gasteiger partial charge in [0.05, 0.1) is 24.9 Å².